The highest BCUT2D eigenvalue weighted by molar-refractivity contribution is 7.96. The molecular formula is C12H15N2O4S+. The first-order valence-electron chi connectivity index (χ1n) is 5.43. The van der Waals surface area contributed by atoms with Crippen LogP contribution in [0.4, 0.5) is 5.69 Å². The Morgan fingerprint density at radius 1 is 1.47 bits per heavy atom. The molecule has 0 saturated heterocycles. The maximum absolute atomic E-state index is 10.8. The molecule has 0 fully saturated rings. The van der Waals surface area contributed by atoms with Crippen molar-refractivity contribution in [3.63, 3.8) is 0 Å². The van der Waals surface area contributed by atoms with Gasteiger partial charge in [0.1, 0.15) is 5.71 Å². The molecule has 102 valence electrons. The first-order valence-corrected chi connectivity index (χ1v) is 7.64. The fraction of sp³-hybridized carbons (Fsp3) is 0.333. The summed E-state index contributed by atoms with van der Waals surface area (Å²) in [5.74, 6) is 0.0732. The van der Waals surface area contributed by atoms with Gasteiger partial charge in [0.2, 0.25) is 0 Å². The van der Waals surface area contributed by atoms with E-state index in [1.54, 1.807) is 12.1 Å². The van der Waals surface area contributed by atoms with E-state index in [1.807, 2.05) is 12.5 Å². The lowest BCUT2D eigenvalue weighted by Gasteiger charge is -2.04. The van der Waals surface area contributed by atoms with Crippen molar-refractivity contribution < 1.29 is 14.6 Å². The summed E-state index contributed by atoms with van der Waals surface area (Å²) in [6.45, 7) is 1.26. The first kappa shape index (κ1) is 15.2. The molecule has 7 heteroatoms. The molecule has 6 nitrogen and oxygen atoms in total. The van der Waals surface area contributed by atoms with Crippen LogP contribution in [0, 0.1) is 10.1 Å². The van der Waals surface area contributed by atoms with Crippen molar-refractivity contribution in [1.29, 1.82) is 0 Å². The maximum Gasteiger partial charge on any atom is 0.331 e. The number of nitro groups is 1. The monoisotopic (exact) mass is 283 g/mol. The van der Waals surface area contributed by atoms with Gasteiger partial charge in [-0.15, -0.1) is 0 Å². The molecule has 0 aromatic heterocycles. The predicted molar refractivity (Wildman–Crippen MR) is 75.5 cm³/mol. The summed E-state index contributed by atoms with van der Waals surface area (Å²) in [5, 5.41) is 14.5. The van der Waals surface area contributed by atoms with E-state index in [0.717, 1.165) is 0 Å². The van der Waals surface area contributed by atoms with Crippen molar-refractivity contribution in [3.05, 3.63) is 39.9 Å². The Morgan fingerprint density at radius 2 is 2.16 bits per heavy atom. The van der Waals surface area contributed by atoms with Crippen LogP contribution >= 0.6 is 0 Å². The SMILES string of the molecule is CC(=O)ON=C(C[S+](C)C)c1cccc([N+](=O)[O-])c1. The summed E-state index contributed by atoms with van der Waals surface area (Å²) in [5.41, 5.74) is 1.11. The summed E-state index contributed by atoms with van der Waals surface area (Å²) in [6, 6.07) is 6.13. The van der Waals surface area contributed by atoms with Crippen molar-refractivity contribution in [1.82, 2.24) is 0 Å². The van der Waals surface area contributed by atoms with Crippen LogP contribution in [-0.2, 0) is 20.5 Å². The summed E-state index contributed by atoms with van der Waals surface area (Å²) >= 11 is 0. The normalized spacial score (nSPS) is 11.5. The first-order chi connectivity index (χ1) is 8.90. The van der Waals surface area contributed by atoms with Crippen LogP contribution in [0.3, 0.4) is 0 Å². The Bertz CT molecular complexity index is 514. The molecule has 0 unspecified atom stereocenters. The van der Waals surface area contributed by atoms with Crippen LogP contribution in [0.2, 0.25) is 0 Å². The van der Waals surface area contributed by atoms with E-state index < -0.39 is 10.9 Å². The van der Waals surface area contributed by atoms with Crippen LogP contribution in [0.5, 0.6) is 0 Å². The minimum Gasteiger partial charge on any atom is -0.318 e. The van der Waals surface area contributed by atoms with E-state index in [-0.39, 0.29) is 16.6 Å². The van der Waals surface area contributed by atoms with Crippen LogP contribution < -0.4 is 0 Å². The Balaban J connectivity index is 3.09. The number of carbonyl (C=O) groups is 1. The minimum atomic E-state index is -0.518. The number of benzene rings is 1. The molecule has 1 rings (SSSR count). The number of carbonyl (C=O) groups excluding carboxylic acids is 1. The molecule has 19 heavy (non-hydrogen) atoms. The second kappa shape index (κ2) is 6.89. The Labute approximate surface area is 113 Å². The molecule has 0 bridgehead atoms. The van der Waals surface area contributed by atoms with Gasteiger partial charge in [-0.2, -0.15) is 0 Å². The highest BCUT2D eigenvalue weighted by Gasteiger charge is 2.16. The third kappa shape index (κ3) is 5.09. The van der Waals surface area contributed by atoms with E-state index in [2.05, 4.69) is 9.99 Å². The van der Waals surface area contributed by atoms with Gasteiger partial charge < -0.3 is 4.84 Å². The lowest BCUT2D eigenvalue weighted by Crippen LogP contribution is -2.16. The van der Waals surface area contributed by atoms with Gasteiger partial charge in [0.05, 0.1) is 17.4 Å². The number of rotatable bonds is 5. The van der Waals surface area contributed by atoms with Gasteiger partial charge >= 0.3 is 5.97 Å². The Morgan fingerprint density at radius 3 is 2.68 bits per heavy atom. The average molecular weight is 283 g/mol. The zero-order valence-corrected chi connectivity index (χ0v) is 11.8. The average Bonchev–Trinajstić information content (AvgIpc) is 2.34. The summed E-state index contributed by atoms with van der Waals surface area (Å²) in [6.07, 6.45) is 4.03. The maximum atomic E-state index is 10.8. The molecule has 0 saturated carbocycles. The fourth-order valence-corrected chi connectivity index (χ4v) is 2.12. The summed E-state index contributed by atoms with van der Waals surface area (Å²) in [7, 11) is 0.0299. The summed E-state index contributed by atoms with van der Waals surface area (Å²) < 4.78 is 0. The zero-order valence-electron chi connectivity index (χ0n) is 11.0. The third-order valence-electron chi connectivity index (χ3n) is 2.10. The van der Waals surface area contributed by atoms with Gasteiger partial charge in [-0.05, 0) is 10.9 Å². The molecule has 0 heterocycles. The lowest BCUT2D eigenvalue weighted by atomic mass is 10.1. The van der Waals surface area contributed by atoms with Gasteiger partial charge in [0.25, 0.3) is 5.69 Å². The largest absolute Gasteiger partial charge is 0.331 e. The molecule has 0 radical (unpaired) electrons. The molecule has 0 aliphatic carbocycles. The minimum absolute atomic E-state index is 0.0138. The van der Waals surface area contributed by atoms with E-state index in [1.165, 1.54) is 19.1 Å². The van der Waals surface area contributed by atoms with Gasteiger partial charge in [-0.25, -0.2) is 4.79 Å². The summed E-state index contributed by atoms with van der Waals surface area (Å²) in [4.78, 5) is 25.7. The van der Waals surface area contributed by atoms with Crippen molar-refractivity contribution in [3.8, 4) is 0 Å². The third-order valence-corrected chi connectivity index (χ3v) is 2.95. The van der Waals surface area contributed by atoms with Crippen LogP contribution in [0.25, 0.3) is 0 Å². The van der Waals surface area contributed by atoms with Gasteiger partial charge in [-0.3, -0.25) is 10.1 Å². The molecule has 0 atom stereocenters. The van der Waals surface area contributed by atoms with E-state index in [4.69, 9.17) is 0 Å². The van der Waals surface area contributed by atoms with Crippen molar-refractivity contribution in [2.75, 3.05) is 18.3 Å². The van der Waals surface area contributed by atoms with E-state index >= 15 is 0 Å². The zero-order chi connectivity index (χ0) is 14.4. The predicted octanol–water partition coefficient (Wildman–Crippen LogP) is 1.74. The molecular weight excluding hydrogens is 268 g/mol. The highest BCUT2D eigenvalue weighted by atomic mass is 32.2. The van der Waals surface area contributed by atoms with E-state index in [0.29, 0.717) is 17.0 Å². The van der Waals surface area contributed by atoms with E-state index in [9.17, 15) is 14.9 Å². The number of oxime groups is 1. The second-order valence-corrected chi connectivity index (χ2v) is 6.32. The molecule has 0 amide bonds. The Hall–Kier alpha value is -1.89. The molecule has 0 aliphatic heterocycles. The van der Waals surface area contributed by atoms with Crippen molar-refractivity contribution in [2.45, 2.75) is 6.92 Å². The number of nitrogens with zero attached hydrogens (tertiary/aromatic N) is 2. The van der Waals surface area contributed by atoms with Crippen LogP contribution in [-0.4, -0.2) is 34.9 Å². The second-order valence-electron chi connectivity index (χ2n) is 4.06. The van der Waals surface area contributed by atoms with Gasteiger partial charge in [0, 0.05) is 24.6 Å². The van der Waals surface area contributed by atoms with Crippen LogP contribution in [0.15, 0.2) is 29.4 Å². The Kier molecular flexibility index (Phi) is 5.50. The quantitative estimate of drug-likeness (QED) is 0.271. The number of hydrogen-bond donors (Lipinski definition) is 0. The molecule has 1 aromatic carbocycles. The smallest absolute Gasteiger partial charge is 0.318 e. The molecule has 0 N–H and O–H groups in total. The van der Waals surface area contributed by atoms with Gasteiger partial charge in [-0.1, -0.05) is 17.3 Å². The standard InChI is InChI=1S/C12H15N2O4S/c1-9(15)18-13-12(8-19(2)3)10-5-4-6-11(7-10)14(16)17/h4-7H,8H2,1-3H3/q+1. The molecule has 1 aromatic rings. The van der Waals surface area contributed by atoms with Crippen molar-refractivity contribution in [2.24, 2.45) is 5.16 Å². The molecule has 0 spiro atoms. The molecule has 0 aliphatic rings. The fourth-order valence-electron chi connectivity index (χ4n) is 1.35. The van der Waals surface area contributed by atoms with Crippen molar-refractivity contribution >= 4 is 28.3 Å². The lowest BCUT2D eigenvalue weighted by molar-refractivity contribution is -0.384. The number of nitro benzene ring substituents is 1. The number of non-ortho nitro benzene ring substituents is 1. The highest BCUT2D eigenvalue weighted by Crippen LogP contribution is 2.15. The topological polar surface area (TPSA) is 81.8 Å². The number of hydrogen-bond acceptors (Lipinski definition) is 5. The van der Waals surface area contributed by atoms with Gasteiger partial charge in [0.15, 0.2) is 5.75 Å². The van der Waals surface area contributed by atoms with Crippen LogP contribution in [0.1, 0.15) is 12.5 Å².